The Kier molecular flexibility index (Phi) is 6.78. The molecule has 0 amide bonds. The fraction of sp³-hybridized carbons (Fsp3) is 0.267. The zero-order valence-electron chi connectivity index (χ0n) is 22.0. The number of fused-ring (bicyclic) bond motifs is 2. The van der Waals surface area contributed by atoms with E-state index < -0.39 is 7.28 Å². The number of hydrogen-bond donors (Lipinski definition) is 0. The number of nitrogens with zero attached hydrogens (tertiary/aromatic N) is 4. The summed E-state index contributed by atoms with van der Waals surface area (Å²) in [5, 5.41) is 6.72. The number of benzene rings is 3. The summed E-state index contributed by atoms with van der Waals surface area (Å²) >= 11 is 0. The quantitative estimate of drug-likeness (QED) is 0.208. The second kappa shape index (κ2) is 10.0. The molecule has 0 saturated carbocycles. The summed E-state index contributed by atoms with van der Waals surface area (Å²) in [6.07, 6.45) is 2.75. The van der Waals surface area contributed by atoms with Crippen LogP contribution < -0.4 is 14.7 Å². The van der Waals surface area contributed by atoms with Gasteiger partial charge >= 0.3 is 0 Å². The predicted molar refractivity (Wildman–Crippen MR) is 154 cm³/mol. The number of aromatic nitrogens is 3. The fourth-order valence-corrected chi connectivity index (χ4v) is 7.93. The molecule has 37 heavy (non-hydrogen) atoms. The molecule has 190 valence electrons. The van der Waals surface area contributed by atoms with Crippen molar-refractivity contribution in [3.8, 4) is 11.5 Å². The monoisotopic (exact) mass is 512 g/mol. The van der Waals surface area contributed by atoms with Gasteiger partial charge in [0.25, 0.3) is 0 Å². The van der Waals surface area contributed by atoms with Crippen LogP contribution >= 0.6 is 7.28 Å². The van der Waals surface area contributed by atoms with E-state index in [2.05, 4.69) is 62.7 Å². The highest BCUT2D eigenvalue weighted by Gasteiger charge is 2.43. The molecular formula is C30H33N4O2P. The zero-order chi connectivity index (χ0) is 26.0. The number of pyridine rings is 1. The summed E-state index contributed by atoms with van der Waals surface area (Å²) in [5.41, 5.74) is 3.54. The highest BCUT2D eigenvalue weighted by atomic mass is 31.2. The summed E-state index contributed by atoms with van der Waals surface area (Å²) in [6.45, 7) is 9.55. The molecule has 0 bridgehead atoms. The van der Waals surface area contributed by atoms with Gasteiger partial charge in [0.1, 0.15) is 22.4 Å². The Hall–Kier alpha value is -3.63. The zero-order valence-corrected chi connectivity index (χ0v) is 22.9. The summed E-state index contributed by atoms with van der Waals surface area (Å²) in [5.74, 6) is 1.43. The van der Waals surface area contributed by atoms with E-state index >= 15 is 0 Å². The minimum absolute atomic E-state index is 0.390. The molecule has 0 radical (unpaired) electrons. The molecule has 0 N–H and O–H groups in total. The van der Waals surface area contributed by atoms with Gasteiger partial charge in [-0.1, -0.05) is 76.2 Å². The Labute approximate surface area is 218 Å². The van der Waals surface area contributed by atoms with Crippen molar-refractivity contribution in [1.29, 1.82) is 0 Å². The molecule has 0 fully saturated rings. The number of aryl methyl sites for hydroxylation is 1. The van der Waals surface area contributed by atoms with Gasteiger partial charge in [0.15, 0.2) is 13.0 Å². The predicted octanol–water partition coefficient (Wildman–Crippen LogP) is 7.95. The van der Waals surface area contributed by atoms with Gasteiger partial charge in [0.05, 0.1) is 12.6 Å². The van der Waals surface area contributed by atoms with Gasteiger partial charge in [-0.05, 0) is 36.8 Å². The molecule has 3 aromatic carbocycles. The molecule has 6 nitrogen and oxygen atoms in total. The average Bonchev–Trinajstić information content (AvgIpc) is 3.26. The lowest BCUT2D eigenvalue weighted by Crippen LogP contribution is -2.32. The van der Waals surface area contributed by atoms with Gasteiger partial charge in [0.2, 0.25) is 0 Å². The number of para-hydroxylation sites is 2. The van der Waals surface area contributed by atoms with E-state index in [1.165, 1.54) is 0 Å². The van der Waals surface area contributed by atoms with Gasteiger partial charge in [-0.15, -0.1) is 0 Å². The highest BCUT2D eigenvalue weighted by Crippen LogP contribution is 2.63. The van der Waals surface area contributed by atoms with E-state index in [1.54, 1.807) is 13.3 Å². The van der Waals surface area contributed by atoms with Crippen molar-refractivity contribution in [2.24, 2.45) is 4.74 Å². The minimum Gasteiger partial charge on any atom is -0.494 e. The molecule has 0 aliphatic carbocycles. The maximum atomic E-state index is 7.29. The minimum atomic E-state index is -2.88. The largest absolute Gasteiger partial charge is 0.494 e. The molecule has 0 unspecified atom stereocenters. The number of ether oxygens (including phenoxy) is 1. The lowest BCUT2D eigenvalue weighted by atomic mass is 10.2. The normalized spacial score (nSPS) is 13.4. The third kappa shape index (κ3) is 4.51. The first-order chi connectivity index (χ1) is 17.9. The van der Waals surface area contributed by atoms with Crippen LogP contribution in [0.5, 0.6) is 11.5 Å². The van der Waals surface area contributed by atoms with E-state index in [9.17, 15) is 0 Å². The van der Waals surface area contributed by atoms with Crippen LogP contribution in [0.3, 0.4) is 0 Å². The van der Waals surface area contributed by atoms with Gasteiger partial charge in [0, 0.05) is 28.7 Å². The molecule has 7 heteroatoms. The molecule has 1 atom stereocenters. The van der Waals surface area contributed by atoms with Crippen molar-refractivity contribution in [2.45, 2.75) is 45.8 Å². The highest BCUT2D eigenvalue weighted by molar-refractivity contribution is 7.71. The van der Waals surface area contributed by atoms with Crippen LogP contribution in [0.4, 0.5) is 5.69 Å². The molecular weight excluding hydrogens is 479 g/mol. The maximum absolute atomic E-state index is 7.29. The molecule has 2 heterocycles. The Balaban J connectivity index is 1.93. The van der Waals surface area contributed by atoms with Gasteiger partial charge in [-0.25, -0.2) is 4.74 Å². The lowest BCUT2D eigenvalue weighted by Gasteiger charge is -2.37. The van der Waals surface area contributed by atoms with E-state index in [0.29, 0.717) is 11.5 Å². The topological polar surface area (TPSA) is 61.5 Å². The molecule has 0 aliphatic rings. The number of hydrogen-bond acceptors (Lipinski definition) is 5. The molecule has 0 saturated heterocycles. The van der Waals surface area contributed by atoms with Crippen LogP contribution in [0.25, 0.3) is 21.8 Å². The molecule has 5 aromatic rings. The van der Waals surface area contributed by atoms with Crippen LogP contribution in [0.1, 0.15) is 34.1 Å². The fourth-order valence-electron chi connectivity index (χ4n) is 4.63. The molecule has 0 spiro atoms. The Morgan fingerprint density at radius 2 is 1.62 bits per heavy atom. The van der Waals surface area contributed by atoms with Crippen molar-refractivity contribution in [2.75, 3.05) is 7.11 Å². The van der Waals surface area contributed by atoms with Crippen molar-refractivity contribution in [3.05, 3.63) is 85.1 Å². The Morgan fingerprint density at radius 3 is 2.41 bits per heavy atom. The first-order valence-electron chi connectivity index (χ1n) is 12.6. The summed E-state index contributed by atoms with van der Waals surface area (Å²) in [7, 11) is -1.20. The lowest BCUT2D eigenvalue weighted by molar-refractivity contribution is 0.416. The third-order valence-corrected chi connectivity index (χ3v) is 10.2. The van der Waals surface area contributed by atoms with E-state index in [0.717, 1.165) is 45.9 Å². The SMILES string of the molecule is CCCn1nc2ccccc2c1[P@](=Nc1ccccc1OC)(Oc1cccc2cccnc12)C(C)(C)C. The van der Waals surface area contributed by atoms with Crippen molar-refractivity contribution >= 4 is 40.2 Å². The number of methoxy groups -OCH3 is 1. The summed E-state index contributed by atoms with van der Waals surface area (Å²) in [6, 6.07) is 26.2. The third-order valence-electron chi connectivity index (χ3n) is 6.41. The first-order valence-corrected chi connectivity index (χ1v) is 14.3. The van der Waals surface area contributed by atoms with Gasteiger partial charge in [-0.3, -0.25) is 9.67 Å². The molecule has 5 rings (SSSR count). The van der Waals surface area contributed by atoms with Crippen molar-refractivity contribution in [1.82, 2.24) is 14.8 Å². The average molecular weight is 513 g/mol. The van der Waals surface area contributed by atoms with Crippen LogP contribution in [-0.2, 0) is 6.54 Å². The van der Waals surface area contributed by atoms with E-state index in [4.69, 9.17) is 24.1 Å². The van der Waals surface area contributed by atoms with E-state index in [-0.39, 0.29) is 5.16 Å². The van der Waals surface area contributed by atoms with Crippen molar-refractivity contribution in [3.63, 3.8) is 0 Å². The van der Waals surface area contributed by atoms with Crippen LogP contribution in [0.15, 0.2) is 89.8 Å². The van der Waals surface area contributed by atoms with Gasteiger partial charge in [-0.2, -0.15) is 5.10 Å². The Bertz CT molecular complexity index is 1610. The Morgan fingerprint density at radius 1 is 0.892 bits per heavy atom. The molecule has 0 aliphatic heterocycles. The second-order valence-corrected chi connectivity index (χ2v) is 13.3. The maximum Gasteiger partial charge on any atom is 0.191 e. The smallest absolute Gasteiger partial charge is 0.191 e. The standard InChI is InChI=1S/C30H33N4O2P/c1-6-21-34-29(23-15-7-8-16-24(23)32-34)37(30(2,3)4,33-25-17-9-10-18-26(25)35-5)36-27-19-11-13-22-14-12-20-31-28(22)27/h7-20H,6,21H2,1-5H3/t37-/m0/s1. The first kappa shape index (κ1) is 25.0. The van der Waals surface area contributed by atoms with Crippen LogP contribution in [-0.4, -0.2) is 27.0 Å². The summed E-state index contributed by atoms with van der Waals surface area (Å²) < 4.78 is 20.7. The van der Waals surface area contributed by atoms with Crippen LogP contribution in [0, 0.1) is 0 Å². The van der Waals surface area contributed by atoms with Crippen LogP contribution in [0.2, 0.25) is 0 Å². The second-order valence-electron chi connectivity index (χ2n) is 10.0. The number of rotatable bonds is 7. The van der Waals surface area contributed by atoms with Gasteiger partial charge < -0.3 is 9.26 Å². The van der Waals surface area contributed by atoms with Crippen molar-refractivity contribution < 1.29 is 9.26 Å². The summed E-state index contributed by atoms with van der Waals surface area (Å²) in [4.78, 5) is 4.69. The van der Waals surface area contributed by atoms with E-state index in [1.807, 2.05) is 48.5 Å². The molecule has 2 aromatic heterocycles.